The first-order valence-electron chi connectivity index (χ1n) is 6.65. The van der Waals surface area contributed by atoms with Crippen LogP contribution in [0.3, 0.4) is 0 Å². The van der Waals surface area contributed by atoms with Gasteiger partial charge in [0.25, 0.3) is 0 Å². The van der Waals surface area contributed by atoms with Gasteiger partial charge in [-0.1, -0.05) is 0 Å². The first-order valence-corrected chi connectivity index (χ1v) is 9.24. The van der Waals surface area contributed by atoms with Crippen molar-refractivity contribution in [2.24, 2.45) is 5.92 Å². The van der Waals surface area contributed by atoms with Crippen LogP contribution in [-0.4, -0.2) is 60.6 Å². The van der Waals surface area contributed by atoms with Gasteiger partial charge in [-0.2, -0.15) is 0 Å². The molecule has 0 saturated heterocycles. The van der Waals surface area contributed by atoms with Crippen LogP contribution in [-0.2, 0) is 5.60 Å². The molecular formula is C15H25NO2Pb. The normalized spacial score (nSPS) is 17.9. The van der Waals surface area contributed by atoms with Gasteiger partial charge in [0.2, 0.25) is 0 Å². The Morgan fingerprint density at radius 2 is 2.05 bits per heavy atom. The van der Waals surface area contributed by atoms with Crippen molar-refractivity contribution in [3.05, 3.63) is 29.8 Å². The molecule has 0 aromatic heterocycles. The Labute approximate surface area is 132 Å². The van der Waals surface area contributed by atoms with E-state index in [-0.39, 0.29) is 5.92 Å². The van der Waals surface area contributed by atoms with Crippen molar-refractivity contribution in [1.82, 2.24) is 4.90 Å². The zero-order valence-corrected chi connectivity index (χ0v) is 17.0. The molecule has 0 saturated carbocycles. The first kappa shape index (κ1) is 16.9. The Kier molecular flexibility index (Phi) is 6.27. The Bertz CT molecular complexity index is 411. The molecule has 3 atom stereocenters. The summed E-state index contributed by atoms with van der Waals surface area (Å²) in [7, 11) is 5.83. The molecule has 3 nitrogen and oxygen atoms in total. The van der Waals surface area contributed by atoms with E-state index < -0.39 is 5.60 Å². The van der Waals surface area contributed by atoms with E-state index in [4.69, 9.17) is 4.74 Å². The molecule has 1 aromatic rings. The van der Waals surface area contributed by atoms with Crippen LogP contribution in [0.15, 0.2) is 24.3 Å². The van der Waals surface area contributed by atoms with Crippen LogP contribution in [0, 0.1) is 5.92 Å². The Balaban J connectivity index is 3.14. The van der Waals surface area contributed by atoms with E-state index in [2.05, 4.69) is 25.9 Å². The van der Waals surface area contributed by atoms with Gasteiger partial charge in [0.05, 0.1) is 0 Å². The van der Waals surface area contributed by atoms with E-state index in [1.807, 2.05) is 31.2 Å². The third-order valence-electron chi connectivity index (χ3n) is 3.97. The summed E-state index contributed by atoms with van der Waals surface area (Å²) in [6.07, 6.45) is 0.707. The quantitative estimate of drug-likeness (QED) is 0.659. The molecule has 3 unspecified atom stereocenters. The number of ether oxygens (including phenoxy) is 1. The fraction of sp³-hybridized carbons (Fsp3) is 0.600. The van der Waals surface area contributed by atoms with Crippen LogP contribution >= 0.6 is 0 Å². The SMILES string of the molecule is CCC(O)(c1cccc(OC)c1)C(C)[CH]([PbH])N(C)C. The van der Waals surface area contributed by atoms with Crippen LogP contribution in [0.4, 0.5) is 0 Å². The van der Waals surface area contributed by atoms with Crippen molar-refractivity contribution in [3.63, 3.8) is 0 Å². The van der Waals surface area contributed by atoms with Crippen molar-refractivity contribution >= 4 is 25.8 Å². The second-order valence-corrected chi connectivity index (χ2v) is 7.91. The van der Waals surface area contributed by atoms with Gasteiger partial charge in [0, 0.05) is 0 Å². The summed E-state index contributed by atoms with van der Waals surface area (Å²) < 4.78 is 5.73. The van der Waals surface area contributed by atoms with Gasteiger partial charge in [-0.05, 0) is 0 Å². The molecule has 0 amide bonds. The third kappa shape index (κ3) is 3.70. The number of methoxy groups -OCH3 is 1. The molecule has 0 spiro atoms. The fourth-order valence-electron chi connectivity index (χ4n) is 2.41. The second-order valence-electron chi connectivity index (χ2n) is 5.25. The van der Waals surface area contributed by atoms with Crippen LogP contribution in [0.1, 0.15) is 25.8 Å². The van der Waals surface area contributed by atoms with E-state index in [1.54, 1.807) is 7.11 Å². The number of rotatable bonds is 6. The van der Waals surface area contributed by atoms with Crippen LogP contribution < -0.4 is 4.74 Å². The summed E-state index contributed by atoms with van der Waals surface area (Å²) in [5.41, 5.74) is 0.160. The molecule has 4 heteroatoms. The molecule has 19 heavy (non-hydrogen) atoms. The summed E-state index contributed by atoms with van der Waals surface area (Å²) in [4.78, 5) is 2.22. The van der Waals surface area contributed by atoms with Gasteiger partial charge >= 0.3 is 133 Å². The monoisotopic (exact) mass is 459 g/mol. The van der Waals surface area contributed by atoms with Gasteiger partial charge in [-0.15, -0.1) is 0 Å². The standard InChI is InChI=1S/C15H24NO2.Pb.H/c1-6-15(17,12(2)11-16(3)4)13-8-7-9-14(10-13)18-5;;/h7-12,17H,6H2,1-5H3;;. The molecule has 106 valence electrons. The van der Waals surface area contributed by atoms with Gasteiger partial charge in [0.15, 0.2) is 0 Å². The number of aliphatic hydroxyl groups is 1. The van der Waals surface area contributed by atoms with Gasteiger partial charge in [-0.25, -0.2) is 0 Å². The van der Waals surface area contributed by atoms with Crippen molar-refractivity contribution in [2.75, 3.05) is 21.2 Å². The van der Waals surface area contributed by atoms with Crippen LogP contribution in [0.5, 0.6) is 5.75 Å². The predicted molar refractivity (Wildman–Crippen MR) is 81.0 cm³/mol. The molecular weight excluding hydrogens is 433 g/mol. The maximum absolute atomic E-state index is 11.1. The molecule has 0 bridgehead atoms. The number of nitrogens with zero attached hydrogens (tertiary/aromatic N) is 1. The minimum atomic E-state index is -0.793. The van der Waals surface area contributed by atoms with Crippen molar-refractivity contribution in [2.45, 2.75) is 29.5 Å². The van der Waals surface area contributed by atoms with E-state index in [0.717, 1.165) is 37.1 Å². The third-order valence-corrected chi connectivity index (χ3v) is 8.53. The topological polar surface area (TPSA) is 32.7 Å². The molecule has 0 aliphatic rings. The van der Waals surface area contributed by atoms with Crippen molar-refractivity contribution in [3.8, 4) is 5.75 Å². The molecule has 0 heterocycles. The molecule has 1 rings (SSSR count). The van der Waals surface area contributed by atoms with Crippen LogP contribution in [0.2, 0.25) is 0 Å². The minimum absolute atomic E-state index is 0.199. The Morgan fingerprint density at radius 3 is 2.53 bits per heavy atom. The van der Waals surface area contributed by atoms with E-state index in [1.165, 1.54) is 0 Å². The average molecular weight is 459 g/mol. The summed E-state index contributed by atoms with van der Waals surface area (Å²) >= 11 is 0.804. The molecule has 2 radical (unpaired) electrons. The van der Waals surface area contributed by atoms with E-state index >= 15 is 0 Å². The maximum atomic E-state index is 11.1. The molecule has 1 N–H and O–H groups in total. The molecule has 0 fully saturated rings. The molecule has 1 aromatic carbocycles. The summed E-state index contributed by atoms with van der Waals surface area (Å²) in [5, 5.41) is 11.1. The summed E-state index contributed by atoms with van der Waals surface area (Å²) in [5.74, 6) is 0.999. The average Bonchev–Trinajstić information content (AvgIpc) is 2.44. The second kappa shape index (κ2) is 7.04. The molecule has 0 aliphatic heterocycles. The Morgan fingerprint density at radius 1 is 1.42 bits per heavy atom. The number of hydrogen-bond acceptors (Lipinski definition) is 3. The van der Waals surface area contributed by atoms with Gasteiger partial charge in [0.1, 0.15) is 0 Å². The zero-order valence-electron chi connectivity index (χ0n) is 12.6. The zero-order chi connectivity index (χ0) is 14.6. The van der Waals surface area contributed by atoms with Crippen molar-refractivity contribution < 1.29 is 9.84 Å². The summed E-state index contributed by atoms with van der Waals surface area (Å²) in [6.45, 7) is 4.19. The van der Waals surface area contributed by atoms with E-state index in [9.17, 15) is 5.11 Å². The predicted octanol–water partition coefficient (Wildman–Crippen LogP) is 1.72. The van der Waals surface area contributed by atoms with Gasteiger partial charge in [-0.3, -0.25) is 0 Å². The summed E-state index contributed by atoms with van der Waals surface area (Å²) in [6, 6.07) is 7.81. The number of hydrogen-bond donors (Lipinski definition) is 1. The fourth-order valence-corrected chi connectivity index (χ4v) is 3.65. The molecule has 0 aliphatic carbocycles. The first-order chi connectivity index (χ1) is 8.86. The van der Waals surface area contributed by atoms with E-state index in [0.29, 0.717) is 10.0 Å². The van der Waals surface area contributed by atoms with Crippen LogP contribution in [0.25, 0.3) is 0 Å². The van der Waals surface area contributed by atoms with Crippen molar-refractivity contribution in [1.29, 1.82) is 0 Å². The number of benzene rings is 1. The Hall–Kier alpha value is -0.138. The van der Waals surface area contributed by atoms with Gasteiger partial charge < -0.3 is 0 Å².